The van der Waals surface area contributed by atoms with E-state index in [-0.39, 0.29) is 0 Å². The molecule has 39 heavy (non-hydrogen) atoms. The summed E-state index contributed by atoms with van der Waals surface area (Å²) in [5.74, 6) is -2.96. The lowest BCUT2D eigenvalue weighted by Crippen LogP contribution is -2.47. The third-order valence-corrected chi connectivity index (χ3v) is 8.07. The van der Waals surface area contributed by atoms with E-state index in [1.165, 1.54) is 0 Å². The van der Waals surface area contributed by atoms with Gasteiger partial charge in [-0.25, -0.2) is 8.78 Å². The van der Waals surface area contributed by atoms with Crippen LogP contribution in [0, 0.1) is 0 Å². The molecule has 4 aromatic carbocycles. The van der Waals surface area contributed by atoms with Crippen LogP contribution in [0.15, 0.2) is 91.0 Å². The molecule has 1 saturated carbocycles. The maximum atomic E-state index is 14.0. The van der Waals surface area contributed by atoms with Gasteiger partial charge in [0, 0.05) is 38.1 Å². The molecule has 1 saturated heterocycles. The molecule has 4 nitrogen and oxygen atoms in total. The lowest BCUT2D eigenvalue weighted by atomic mass is 9.97. The van der Waals surface area contributed by atoms with E-state index in [0.717, 1.165) is 71.4 Å². The molecule has 3 atom stereocenters. The fourth-order valence-corrected chi connectivity index (χ4v) is 6.05. The van der Waals surface area contributed by atoms with Gasteiger partial charge in [0.25, 0.3) is 5.92 Å². The maximum absolute atomic E-state index is 14.0. The first-order valence-corrected chi connectivity index (χ1v) is 13.8. The van der Waals surface area contributed by atoms with Gasteiger partial charge < -0.3 is 15.2 Å². The minimum absolute atomic E-state index is 0.331. The Kier molecular flexibility index (Phi) is 7.34. The van der Waals surface area contributed by atoms with Crippen LogP contribution in [-0.2, 0) is 6.42 Å². The quantitative estimate of drug-likeness (QED) is 0.355. The van der Waals surface area contributed by atoms with Crippen molar-refractivity contribution in [2.24, 2.45) is 0 Å². The standard InChI is InChI=1S/C17H22N2O2.C16H12F2/c20-15(12-19-10-8-18-9-11-19)13-21-17-7-3-5-14-4-1-2-6-16(14)17;17-16(18)14-12-7-3-1-5-10(12)9-11-6-2-4-8-13(11)15(14)16/h1-7,15,18,20H,8-13H2;1-8,14-15H,9H2. The van der Waals surface area contributed by atoms with Crippen LogP contribution < -0.4 is 10.1 Å². The predicted octanol–water partition coefficient (Wildman–Crippen LogP) is 5.59. The Morgan fingerprint density at radius 3 is 2.10 bits per heavy atom. The number of β-amino-alcohol motifs (C(OH)–C–C–N with tert-alkyl or cyclic N) is 1. The van der Waals surface area contributed by atoms with Crippen molar-refractivity contribution in [2.45, 2.75) is 30.3 Å². The van der Waals surface area contributed by atoms with Gasteiger partial charge in [-0.3, -0.25) is 4.90 Å². The number of alkyl halides is 2. The summed E-state index contributed by atoms with van der Waals surface area (Å²) in [7, 11) is 0. The molecule has 1 aliphatic heterocycles. The molecule has 1 heterocycles. The van der Waals surface area contributed by atoms with Gasteiger partial charge in [0.2, 0.25) is 0 Å². The van der Waals surface area contributed by atoms with Crippen LogP contribution in [0.2, 0.25) is 0 Å². The van der Waals surface area contributed by atoms with Crippen LogP contribution in [0.3, 0.4) is 0 Å². The number of ether oxygens (including phenoxy) is 1. The minimum Gasteiger partial charge on any atom is -0.490 e. The van der Waals surface area contributed by atoms with Gasteiger partial charge in [0.1, 0.15) is 18.5 Å². The molecule has 6 heteroatoms. The van der Waals surface area contributed by atoms with Crippen molar-refractivity contribution in [3.8, 4) is 5.75 Å². The number of piperazine rings is 1. The summed E-state index contributed by atoms with van der Waals surface area (Å²) < 4.78 is 33.9. The molecule has 4 aromatic rings. The van der Waals surface area contributed by atoms with Gasteiger partial charge in [-0.1, -0.05) is 84.9 Å². The van der Waals surface area contributed by atoms with Crippen molar-refractivity contribution < 1.29 is 18.6 Å². The van der Waals surface area contributed by atoms with Gasteiger partial charge in [-0.15, -0.1) is 0 Å². The monoisotopic (exact) mass is 528 g/mol. The van der Waals surface area contributed by atoms with Crippen molar-refractivity contribution in [3.63, 3.8) is 0 Å². The first-order valence-electron chi connectivity index (χ1n) is 13.8. The van der Waals surface area contributed by atoms with Crippen molar-refractivity contribution in [1.29, 1.82) is 0 Å². The highest BCUT2D eigenvalue weighted by molar-refractivity contribution is 5.88. The van der Waals surface area contributed by atoms with Gasteiger partial charge in [-0.05, 0) is 40.1 Å². The number of fused-ring (bicyclic) bond motifs is 6. The molecule has 2 aliphatic carbocycles. The molecule has 0 aromatic heterocycles. The Morgan fingerprint density at radius 2 is 1.41 bits per heavy atom. The third kappa shape index (κ3) is 5.42. The number of nitrogens with zero attached hydrogens (tertiary/aromatic N) is 1. The first-order chi connectivity index (χ1) is 19.0. The summed E-state index contributed by atoms with van der Waals surface area (Å²) in [5.41, 5.74) is 3.77. The van der Waals surface area contributed by atoms with Crippen LogP contribution >= 0.6 is 0 Å². The molecule has 202 valence electrons. The zero-order valence-electron chi connectivity index (χ0n) is 21.9. The molecule has 3 aliphatic rings. The lowest BCUT2D eigenvalue weighted by molar-refractivity contribution is 0.0646. The van der Waals surface area contributed by atoms with Crippen molar-refractivity contribution >= 4 is 10.8 Å². The van der Waals surface area contributed by atoms with E-state index in [2.05, 4.69) is 22.3 Å². The van der Waals surface area contributed by atoms with Crippen molar-refractivity contribution in [3.05, 3.63) is 113 Å². The summed E-state index contributed by atoms with van der Waals surface area (Å²) in [6, 6.07) is 29.4. The largest absolute Gasteiger partial charge is 0.490 e. The topological polar surface area (TPSA) is 44.7 Å². The number of halogens is 2. The lowest BCUT2D eigenvalue weighted by Gasteiger charge is -2.29. The zero-order valence-corrected chi connectivity index (χ0v) is 21.9. The first kappa shape index (κ1) is 25.9. The molecular formula is C33H34F2N2O2. The van der Waals surface area contributed by atoms with Crippen LogP contribution in [0.25, 0.3) is 10.8 Å². The molecule has 0 amide bonds. The molecule has 7 rings (SSSR count). The number of benzene rings is 4. The van der Waals surface area contributed by atoms with Crippen molar-refractivity contribution in [1.82, 2.24) is 10.2 Å². The Hall–Kier alpha value is -3.32. The van der Waals surface area contributed by atoms with Gasteiger partial charge >= 0.3 is 0 Å². The highest BCUT2D eigenvalue weighted by atomic mass is 19.3. The number of hydrogen-bond donors (Lipinski definition) is 2. The maximum Gasteiger partial charge on any atom is 0.263 e. The molecule has 3 unspecified atom stereocenters. The van der Waals surface area contributed by atoms with E-state index >= 15 is 0 Å². The van der Waals surface area contributed by atoms with Crippen LogP contribution in [0.4, 0.5) is 8.78 Å². The van der Waals surface area contributed by atoms with Gasteiger partial charge in [0.15, 0.2) is 0 Å². The number of aliphatic hydroxyl groups is 1. The summed E-state index contributed by atoms with van der Waals surface area (Å²) >= 11 is 0. The smallest absolute Gasteiger partial charge is 0.263 e. The molecule has 0 bridgehead atoms. The number of rotatable bonds is 5. The Morgan fingerprint density at radius 1 is 0.821 bits per heavy atom. The zero-order chi connectivity index (χ0) is 26.8. The molecule has 0 spiro atoms. The average molecular weight is 529 g/mol. The normalized spacial score (nSPS) is 21.8. The third-order valence-electron chi connectivity index (χ3n) is 8.07. The minimum atomic E-state index is -2.58. The number of hydrogen-bond acceptors (Lipinski definition) is 4. The van der Waals surface area contributed by atoms with Crippen molar-refractivity contribution in [2.75, 3.05) is 39.3 Å². The summed E-state index contributed by atoms with van der Waals surface area (Å²) in [4.78, 5) is 2.27. The molecule has 2 N–H and O–H groups in total. The van der Waals surface area contributed by atoms with Gasteiger partial charge in [-0.2, -0.15) is 0 Å². The second kappa shape index (κ2) is 11.0. The predicted molar refractivity (Wildman–Crippen MR) is 151 cm³/mol. The fourth-order valence-electron chi connectivity index (χ4n) is 6.05. The summed E-state index contributed by atoms with van der Waals surface area (Å²) in [6.45, 7) is 4.98. The second-order valence-electron chi connectivity index (χ2n) is 10.7. The van der Waals surface area contributed by atoms with Crippen LogP contribution in [0.1, 0.15) is 34.1 Å². The average Bonchev–Trinajstić information content (AvgIpc) is 3.58. The number of nitrogens with one attached hydrogen (secondary N) is 1. The van der Waals surface area contributed by atoms with E-state index in [1.807, 2.05) is 78.9 Å². The molecule has 2 fully saturated rings. The Labute approximate surface area is 228 Å². The SMILES string of the molecule is FC1(F)C2c3ccccc3Cc3ccccc3C21.OC(COc1cccc2ccccc12)CN1CCNCC1. The Balaban J connectivity index is 0.000000143. The number of aliphatic hydroxyl groups excluding tert-OH is 1. The highest BCUT2D eigenvalue weighted by Gasteiger charge is 2.70. The highest BCUT2D eigenvalue weighted by Crippen LogP contribution is 2.69. The molecular weight excluding hydrogens is 494 g/mol. The molecule has 0 radical (unpaired) electrons. The van der Waals surface area contributed by atoms with E-state index in [4.69, 9.17) is 4.74 Å². The van der Waals surface area contributed by atoms with Gasteiger partial charge in [0.05, 0.1) is 11.8 Å². The van der Waals surface area contributed by atoms with E-state index in [1.54, 1.807) is 0 Å². The fraction of sp³-hybridized carbons (Fsp3) is 0.333. The van der Waals surface area contributed by atoms with Crippen LogP contribution in [0.5, 0.6) is 5.75 Å². The second-order valence-corrected chi connectivity index (χ2v) is 10.7. The van der Waals surface area contributed by atoms with Crippen LogP contribution in [-0.4, -0.2) is 61.4 Å². The summed E-state index contributed by atoms with van der Waals surface area (Å²) in [6.07, 6.45) is 0.317. The van der Waals surface area contributed by atoms with E-state index in [9.17, 15) is 13.9 Å². The summed E-state index contributed by atoms with van der Waals surface area (Å²) in [5, 5.41) is 15.7. The van der Waals surface area contributed by atoms with E-state index < -0.39 is 23.9 Å². The van der Waals surface area contributed by atoms with E-state index in [0.29, 0.717) is 13.2 Å². The Bertz CT molecular complexity index is 1380.